The highest BCUT2D eigenvalue weighted by atomic mass is 16.6. The Morgan fingerprint density at radius 3 is 1.26 bits per heavy atom. The fourth-order valence-corrected chi connectivity index (χ4v) is 9.40. The largest absolute Gasteiger partial charge is 0.490 e. The smallest absolute Gasteiger partial charge is 0.407 e. The van der Waals surface area contributed by atoms with Gasteiger partial charge in [0.2, 0.25) is 0 Å². The van der Waals surface area contributed by atoms with Crippen LogP contribution < -0.4 is 20.1 Å². The lowest BCUT2D eigenvalue weighted by molar-refractivity contribution is -0.139. The molecule has 0 bridgehead atoms. The molecule has 0 aromatic heterocycles. The maximum absolute atomic E-state index is 12.9. The number of hydrogen-bond acceptors (Lipinski definition) is 12. The van der Waals surface area contributed by atoms with Crippen LogP contribution in [0, 0.1) is 17.3 Å². The summed E-state index contributed by atoms with van der Waals surface area (Å²) in [7, 11) is 0. The van der Waals surface area contributed by atoms with Gasteiger partial charge in [-0.1, -0.05) is 112 Å². The fraction of sp³-hybridized carbons (Fsp3) is 0.458. The van der Waals surface area contributed by atoms with Gasteiger partial charge in [-0.2, -0.15) is 0 Å². The summed E-state index contributed by atoms with van der Waals surface area (Å²) in [6.45, 7) is 15.7. The maximum atomic E-state index is 12.9. The van der Waals surface area contributed by atoms with Gasteiger partial charge < -0.3 is 48.5 Å². The molecular formula is C59H74N2O12. The number of rotatable bonds is 26. The number of ether oxygens (including phenoxy) is 8. The second-order valence-electron chi connectivity index (χ2n) is 19.6. The number of carbonyl (C=O) groups is 4. The number of amides is 2. The molecule has 2 atom stereocenters. The van der Waals surface area contributed by atoms with Crippen molar-refractivity contribution in [3.8, 4) is 33.8 Å². The van der Waals surface area contributed by atoms with Gasteiger partial charge in [-0.05, 0) is 129 Å². The van der Waals surface area contributed by atoms with Crippen molar-refractivity contribution in [2.24, 2.45) is 17.3 Å². The molecule has 0 saturated heterocycles. The predicted molar refractivity (Wildman–Crippen MR) is 280 cm³/mol. The van der Waals surface area contributed by atoms with Crippen molar-refractivity contribution in [1.82, 2.24) is 10.6 Å². The van der Waals surface area contributed by atoms with E-state index in [-0.39, 0.29) is 81.5 Å². The van der Waals surface area contributed by atoms with E-state index in [1.807, 2.05) is 109 Å². The minimum Gasteiger partial charge on any atom is -0.490 e. The highest BCUT2D eigenvalue weighted by Gasteiger charge is 2.41. The zero-order valence-electron chi connectivity index (χ0n) is 43.0. The van der Waals surface area contributed by atoms with Gasteiger partial charge in [0.05, 0.1) is 38.5 Å². The predicted octanol–water partition coefficient (Wildman–Crippen LogP) is 11.1. The average Bonchev–Trinajstić information content (AvgIpc) is 3.41. The van der Waals surface area contributed by atoms with Crippen molar-refractivity contribution in [3.05, 3.63) is 133 Å². The first-order valence-corrected chi connectivity index (χ1v) is 25.6. The molecule has 2 unspecified atom stereocenters. The van der Waals surface area contributed by atoms with E-state index in [4.69, 9.17) is 37.9 Å². The summed E-state index contributed by atoms with van der Waals surface area (Å²) >= 11 is 0. The minimum atomic E-state index is -0.696. The molecule has 2 aliphatic carbocycles. The van der Waals surface area contributed by atoms with Crippen LogP contribution in [0.25, 0.3) is 22.3 Å². The van der Waals surface area contributed by atoms with Crippen LogP contribution in [0.1, 0.15) is 79.1 Å². The lowest BCUT2D eigenvalue weighted by Crippen LogP contribution is -2.41. The topological polar surface area (TPSA) is 166 Å². The first kappa shape index (κ1) is 55.7. The van der Waals surface area contributed by atoms with Gasteiger partial charge >= 0.3 is 24.1 Å². The Morgan fingerprint density at radius 2 is 0.890 bits per heavy atom. The second kappa shape index (κ2) is 28.6. The Labute approximate surface area is 431 Å². The Kier molecular flexibility index (Phi) is 21.8. The van der Waals surface area contributed by atoms with Crippen molar-refractivity contribution >= 4 is 24.1 Å². The molecule has 2 amide bonds. The summed E-state index contributed by atoms with van der Waals surface area (Å²) in [6, 6.07) is 35.6. The number of carbonyl (C=O) groups excluding carboxylic acids is 4. The molecule has 0 aliphatic heterocycles. The number of alkyl carbamates (subject to hydrolysis) is 2. The van der Waals surface area contributed by atoms with Gasteiger partial charge in [-0.25, -0.2) is 19.2 Å². The average molecular weight is 1000 g/mol. The van der Waals surface area contributed by atoms with Crippen molar-refractivity contribution < 1.29 is 57.1 Å². The SMILES string of the molecule is C=C(C)C(=O)OCCNC(=O)OC(COc1cccc(-c2ccccc2)c1)COC1CCC(C(C)(C)C2CCC(OCC(COc3cccc(-c4ccccc4)c3)OC(=O)NCCOC(=O)C(=C)C)CC2)CC1. The quantitative estimate of drug-likeness (QED) is 0.0265. The van der Waals surface area contributed by atoms with E-state index >= 15 is 0 Å². The second-order valence-corrected chi connectivity index (χ2v) is 19.6. The standard InChI is InChI=1S/C59H74N2O12/c1-41(2)55(62)66-33-31-60-57(64)72-53(39-70-51-21-13-19-45(35-51)43-15-9-7-10-16-43)37-68-49-27-23-47(24-28-49)59(5,6)48-25-29-50(30-26-48)69-38-54(73-58(65)61-32-34-67-56(63)42(3)4)40-71-52-22-14-20-46(36-52)44-17-11-8-12-18-44/h7-22,35-36,47-50,53-54H,1,3,23-34,37-40H2,2,4-6H3,(H,60,64)(H,61,65). The first-order chi connectivity index (χ1) is 35.2. The molecular weight excluding hydrogens is 929 g/mol. The summed E-state index contributed by atoms with van der Waals surface area (Å²) in [6.07, 6.45) is 5.01. The Bertz CT molecular complexity index is 2230. The molecule has 14 heteroatoms. The third kappa shape index (κ3) is 18.4. The molecule has 2 aliphatic rings. The monoisotopic (exact) mass is 1000 g/mol. The highest BCUT2D eigenvalue weighted by Crippen LogP contribution is 2.49. The van der Waals surface area contributed by atoms with E-state index in [0.717, 1.165) is 73.6 Å². The van der Waals surface area contributed by atoms with Crippen molar-refractivity contribution in [2.75, 3.05) is 52.7 Å². The van der Waals surface area contributed by atoms with E-state index in [1.54, 1.807) is 13.8 Å². The van der Waals surface area contributed by atoms with Gasteiger partial charge in [0.15, 0.2) is 12.2 Å². The molecule has 6 rings (SSSR count). The number of esters is 2. The minimum absolute atomic E-state index is 0.0137. The Hall–Kier alpha value is -6.64. The molecule has 14 nitrogen and oxygen atoms in total. The van der Waals surface area contributed by atoms with Crippen LogP contribution in [-0.4, -0.2) is 101 Å². The normalized spacial score (nSPS) is 18.5. The summed E-state index contributed by atoms with van der Waals surface area (Å²) in [5.74, 6) is 1.28. The molecule has 0 spiro atoms. The van der Waals surface area contributed by atoms with Crippen LogP contribution in [-0.2, 0) is 38.0 Å². The van der Waals surface area contributed by atoms with E-state index in [1.165, 1.54) is 0 Å². The molecule has 392 valence electrons. The van der Waals surface area contributed by atoms with Gasteiger partial charge in [0, 0.05) is 11.1 Å². The molecule has 0 heterocycles. The van der Waals surface area contributed by atoms with Crippen LogP contribution in [0.2, 0.25) is 0 Å². The van der Waals surface area contributed by atoms with Crippen molar-refractivity contribution in [2.45, 2.75) is 103 Å². The van der Waals surface area contributed by atoms with Crippen molar-refractivity contribution in [1.29, 1.82) is 0 Å². The molecule has 4 aromatic rings. The van der Waals surface area contributed by atoms with Crippen LogP contribution in [0.15, 0.2) is 133 Å². The first-order valence-electron chi connectivity index (χ1n) is 25.6. The maximum Gasteiger partial charge on any atom is 0.407 e. The summed E-state index contributed by atoms with van der Waals surface area (Å²) in [4.78, 5) is 49.4. The Morgan fingerprint density at radius 1 is 0.521 bits per heavy atom. The van der Waals surface area contributed by atoms with Crippen LogP contribution in [0.4, 0.5) is 9.59 Å². The lowest BCUT2D eigenvalue weighted by Gasteiger charge is -2.46. The molecule has 4 aromatic carbocycles. The molecule has 2 saturated carbocycles. The number of hydrogen-bond donors (Lipinski definition) is 2. The zero-order chi connectivity index (χ0) is 52.0. The van der Waals surface area contributed by atoms with Crippen molar-refractivity contribution in [3.63, 3.8) is 0 Å². The lowest BCUT2D eigenvalue weighted by atomic mass is 9.60. The zero-order valence-corrected chi connectivity index (χ0v) is 43.0. The number of nitrogens with one attached hydrogen (secondary N) is 2. The van der Waals surface area contributed by atoms with Crippen LogP contribution in [0.3, 0.4) is 0 Å². The van der Waals surface area contributed by atoms with Gasteiger partial charge in [-0.15, -0.1) is 0 Å². The number of benzene rings is 4. The van der Waals surface area contributed by atoms with E-state index in [9.17, 15) is 19.2 Å². The van der Waals surface area contributed by atoms with E-state index < -0.39 is 36.3 Å². The molecule has 73 heavy (non-hydrogen) atoms. The summed E-state index contributed by atoms with van der Waals surface area (Å²) in [5, 5.41) is 5.31. The molecule has 2 N–H and O–H groups in total. The van der Waals surface area contributed by atoms with E-state index in [2.05, 4.69) is 37.6 Å². The van der Waals surface area contributed by atoms with Gasteiger partial charge in [0.1, 0.15) is 37.9 Å². The van der Waals surface area contributed by atoms with E-state index in [0.29, 0.717) is 23.3 Å². The van der Waals surface area contributed by atoms with Gasteiger partial charge in [0.25, 0.3) is 0 Å². The van der Waals surface area contributed by atoms with Crippen LogP contribution in [0.5, 0.6) is 11.5 Å². The van der Waals surface area contributed by atoms with Gasteiger partial charge in [-0.3, -0.25) is 0 Å². The Balaban J connectivity index is 0.966. The fourth-order valence-electron chi connectivity index (χ4n) is 9.40. The third-order valence-corrected chi connectivity index (χ3v) is 13.7. The molecule has 0 radical (unpaired) electrons. The summed E-state index contributed by atoms with van der Waals surface area (Å²) in [5.41, 5.74) is 4.81. The molecule has 2 fully saturated rings. The van der Waals surface area contributed by atoms with Crippen LogP contribution >= 0.6 is 0 Å². The summed E-state index contributed by atoms with van der Waals surface area (Å²) < 4.78 is 47.1. The third-order valence-electron chi connectivity index (χ3n) is 13.7. The highest BCUT2D eigenvalue weighted by molar-refractivity contribution is 5.87.